The molecule has 0 aromatic carbocycles. The highest BCUT2D eigenvalue weighted by molar-refractivity contribution is 5.23. The van der Waals surface area contributed by atoms with Gasteiger partial charge in [0.2, 0.25) is 0 Å². The van der Waals surface area contributed by atoms with E-state index >= 15 is 0 Å². The van der Waals surface area contributed by atoms with Gasteiger partial charge in [0.1, 0.15) is 5.60 Å². The Bertz CT molecular complexity index is 318. The number of aromatic hydroxyl groups is 1. The lowest BCUT2D eigenvalue weighted by Crippen LogP contribution is -2.23. The normalized spacial score (nSPS) is 11.6. The molecule has 1 rings (SSSR count). The Morgan fingerprint density at radius 2 is 1.92 bits per heavy atom. The van der Waals surface area contributed by atoms with Crippen molar-refractivity contribution in [1.82, 2.24) is 9.97 Å². The molecule has 0 atom stereocenters. The standard InChI is InChI=1S/C7H12N2O3/c1-7(2,3)12-5-4(10)8-6(11)9-5/h10H,1-3H3,(H2,8,9,11). The van der Waals surface area contributed by atoms with E-state index in [1.807, 2.05) is 20.8 Å². The summed E-state index contributed by atoms with van der Waals surface area (Å²) in [7, 11) is 0. The highest BCUT2D eigenvalue weighted by atomic mass is 16.5. The average molecular weight is 172 g/mol. The smallest absolute Gasteiger partial charge is 0.328 e. The maximum atomic E-state index is 10.6. The first-order valence-corrected chi connectivity index (χ1v) is 3.59. The Balaban J connectivity index is 2.90. The molecule has 0 aliphatic heterocycles. The van der Waals surface area contributed by atoms with Gasteiger partial charge < -0.3 is 9.84 Å². The maximum Gasteiger partial charge on any atom is 0.328 e. The van der Waals surface area contributed by atoms with Crippen LogP contribution in [0.25, 0.3) is 0 Å². The van der Waals surface area contributed by atoms with E-state index in [4.69, 9.17) is 9.84 Å². The fraction of sp³-hybridized carbons (Fsp3) is 0.571. The zero-order valence-electron chi connectivity index (χ0n) is 7.26. The lowest BCUT2D eigenvalue weighted by atomic mass is 10.2. The predicted octanol–water partition coefficient (Wildman–Crippen LogP) is 0.586. The van der Waals surface area contributed by atoms with Gasteiger partial charge in [-0.2, -0.15) is 0 Å². The first-order valence-electron chi connectivity index (χ1n) is 3.59. The second kappa shape index (κ2) is 2.58. The van der Waals surface area contributed by atoms with Crippen molar-refractivity contribution in [3.63, 3.8) is 0 Å². The summed E-state index contributed by atoms with van der Waals surface area (Å²) in [5.41, 5.74) is -0.922. The number of hydrogen-bond donors (Lipinski definition) is 3. The molecule has 0 saturated heterocycles. The Morgan fingerprint density at radius 3 is 2.25 bits per heavy atom. The van der Waals surface area contributed by atoms with Crippen LogP contribution in [0.1, 0.15) is 20.8 Å². The minimum atomic E-state index is -0.480. The maximum absolute atomic E-state index is 10.6. The molecule has 0 fully saturated rings. The summed E-state index contributed by atoms with van der Waals surface area (Å²) >= 11 is 0. The van der Waals surface area contributed by atoms with Crippen LogP contribution in [0.3, 0.4) is 0 Å². The van der Waals surface area contributed by atoms with Gasteiger partial charge in [-0.1, -0.05) is 0 Å². The van der Waals surface area contributed by atoms with Gasteiger partial charge in [0, 0.05) is 0 Å². The number of aromatic amines is 2. The number of ether oxygens (including phenoxy) is 1. The molecule has 5 heteroatoms. The Hall–Kier alpha value is -1.39. The largest absolute Gasteiger partial charge is 0.491 e. The first-order chi connectivity index (χ1) is 5.38. The number of nitrogens with one attached hydrogen (secondary N) is 2. The van der Waals surface area contributed by atoms with E-state index in [-0.39, 0.29) is 11.8 Å². The van der Waals surface area contributed by atoms with Gasteiger partial charge in [-0.25, -0.2) is 4.79 Å². The Labute approximate surface area is 69.4 Å². The van der Waals surface area contributed by atoms with E-state index in [0.717, 1.165) is 0 Å². The van der Waals surface area contributed by atoms with Crippen LogP contribution in [0.2, 0.25) is 0 Å². The second-order valence-electron chi connectivity index (χ2n) is 3.47. The third kappa shape index (κ3) is 2.05. The molecule has 0 radical (unpaired) electrons. The fourth-order valence-electron chi connectivity index (χ4n) is 0.738. The lowest BCUT2D eigenvalue weighted by Gasteiger charge is -2.19. The summed E-state index contributed by atoms with van der Waals surface area (Å²) in [6.45, 7) is 5.45. The molecule has 0 aliphatic rings. The number of imidazole rings is 1. The Kier molecular flexibility index (Phi) is 1.87. The minimum Gasteiger partial charge on any atom is -0.491 e. The van der Waals surface area contributed by atoms with Gasteiger partial charge in [-0.05, 0) is 20.8 Å². The third-order valence-corrected chi connectivity index (χ3v) is 1.08. The van der Waals surface area contributed by atoms with E-state index in [0.29, 0.717) is 0 Å². The molecule has 3 N–H and O–H groups in total. The number of aromatic nitrogens is 2. The minimum absolute atomic E-state index is 0.0764. The van der Waals surface area contributed by atoms with Crippen LogP contribution in [0, 0.1) is 0 Å². The molecule has 0 saturated carbocycles. The van der Waals surface area contributed by atoms with Crippen molar-refractivity contribution in [2.75, 3.05) is 0 Å². The summed E-state index contributed by atoms with van der Waals surface area (Å²) in [6, 6.07) is 0. The van der Waals surface area contributed by atoms with Crippen molar-refractivity contribution in [1.29, 1.82) is 0 Å². The molecule has 12 heavy (non-hydrogen) atoms. The average Bonchev–Trinajstić information content (AvgIpc) is 2.06. The summed E-state index contributed by atoms with van der Waals surface area (Å²) in [5, 5.41) is 9.08. The van der Waals surface area contributed by atoms with E-state index in [1.54, 1.807) is 0 Å². The summed E-state index contributed by atoms with van der Waals surface area (Å²) in [6.07, 6.45) is 0. The van der Waals surface area contributed by atoms with E-state index in [2.05, 4.69) is 9.97 Å². The molecule has 68 valence electrons. The highest BCUT2D eigenvalue weighted by Gasteiger charge is 2.16. The summed E-state index contributed by atoms with van der Waals surface area (Å²) in [5.74, 6) is -0.192. The van der Waals surface area contributed by atoms with Crippen molar-refractivity contribution < 1.29 is 9.84 Å². The van der Waals surface area contributed by atoms with Gasteiger partial charge in [-0.15, -0.1) is 0 Å². The fourth-order valence-corrected chi connectivity index (χ4v) is 0.738. The zero-order valence-corrected chi connectivity index (χ0v) is 7.26. The van der Waals surface area contributed by atoms with Crippen LogP contribution in [-0.2, 0) is 0 Å². The number of rotatable bonds is 1. The molecule has 1 heterocycles. The molecule has 0 unspecified atom stereocenters. The van der Waals surface area contributed by atoms with Crippen LogP contribution >= 0.6 is 0 Å². The highest BCUT2D eigenvalue weighted by Crippen LogP contribution is 2.21. The van der Waals surface area contributed by atoms with E-state index in [9.17, 15) is 4.79 Å². The van der Waals surface area contributed by atoms with Crippen molar-refractivity contribution >= 4 is 0 Å². The van der Waals surface area contributed by atoms with Crippen LogP contribution in [0.4, 0.5) is 0 Å². The van der Waals surface area contributed by atoms with Crippen LogP contribution in [0.15, 0.2) is 4.79 Å². The number of H-pyrrole nitrogens is 2. The topological polar surface area (TPSA) is 78.1 Å². The van der Waals surface area contributed by atoms with Crippen LogP contribution < -0.4 is 10.4 Å². The molecule has 5 nitrogen and oxygen atoms in total. The van der Waals surface area contributed by atoms with Crippen molar-refractivity contribution in [3.8, 4) is 11.8 Å². The van der Waals surface area contributed by atoms with Crippen molar-refractivity contribution in [2.24, 2.45) is 0 Å². The summed E-state index contributed by atoms with van der Waals surface area (Å²) < 4.78 is 5.22. The molecule has 0 amide bonds. The second-order valence-corrected chi connectivity index (χ2v) is 3.47. The predicted molar refractivity (Wildman–Crippen MR) is 43.5 cm³/mol. The molecule has 1 aromatic heterocycles. The molecule has 0 spiro atoms. The van der Waals surface area contributed by atoms with Gasteiger partial charge in [0.25, 0.3) is 11.8 Å². The third-order valence-electron chi connectivity index (χ3n) is 1.08. The summed E-state index contributed by atoms with van der Waals surface area (Å²) in [4.78, 5) is 15.1. The Morgan fingerprint density at radius 1 is 1.33 bits per heavy atom. The monoisotopic (exact) mass is 172 g/mol. The lowest BCUT2D eigenvalue weighted by molar-refractivity contribution is 0.119. The van der Waals surface area contributed by atoms with E-state index < -0.39 is 11.3 Å². The van der Waals surface area contributed by atoms with Crippen molar-refractivity contribution in [3.05, 3.63) is 10.5 Å². The van der Waals surface area contributed by atoms with Gasteiger partial charge in [0.05, 0.1) is 0 Å². The SMILES string of the molecule is CC(C)(C)Oc1[nH]c(=O)[nH]c1O. The van der Waals surface area contributed by atoms with Gasteiger partial charge >= 0.3 is 5.69 Å². The molecular formula is C7H12N2O3. The molecular weight excluding hydrogens is 160 g/mol. The van der Waals surface area contributed by atoms with Crippen molar-refractivity contribution in [2.45, 2.75) is 26.4 Å². The van der Waals surface area contributed by atoms with E-state index in [1.165, 1.54) is 0 Å². The first kappa shape index (κ1) is 8.70. The zero-order chi connectivity index (χ0) is 9.35. The van der Waals surface area contributed by atoms with Crippen LogP contribution in [-0.4, -0.2) is 20.7 Å². The van der Waals surface area contributed by atoms with Crippen LogP contribution in [0.5, 0.6) is 11.8 Å². The quantitative estimate of drug-likeness (QED) is 0.580. The van der Waals surface area contributed by atoms with Gasteiger partial charge in [0.15, 0.2) is 0 Å². The van der Waals surface area contributed by atoms with Gasteiger partial charge in [-0.3, -0.25) is 9.97 Å². The molecule has 0 aliphatic carbocycles. The molecule has 1 aromatic rings. The number of hydrogen-bond acceptors (Lipinski definition) is 3. The molecule has 0 bridgehead atoms.